The van der Waals surface area contributed by atoms with E-state index >= 15 is 0 Å². The molecule has 2 nitrogen and oxygen atoms in total. The van der Waals surface area contributed by atoms with Crippen molar-refractivity contribution in [1.82, 2.24) is 5.32 Å². The van der Waals surface area contributed by atoms with Crippen LogP contribution in [0.4, 0.5) is 0 Å². The highest BCUT2D eigenvalue weighted by Gasteiger charge is 2.44. The monoisotopic (exact) mass is 211 g/mol. The van der Waals surface area contributed by atoms with E-state index in [4.69, 9.17) is 4.74 Å². The zero-order chi connectivity index (χ0) is 10.7. The minimum Gasteiger partial charge on any atom is -0.381 e. The van der Waals surface area contributed by atoms with Crippen molar-refractivity contribution in [3.05, 3.63) is 0 Å². The first-order valence-corrected chi connectivity index (χ1v) is 6.51. The van der Waals surface area contributed by atoms with Crippen LogP contribution in [0.25, 0.3) is 0 Å². The molecule has 1 unspecified atom stereocenters. The van der Waals surface area contributed by atoms with Gasteiger partial charge in [-0.2, -0.15) is 0 Å². The van der Waals surface area contributed by atoms with E-state index in [-0.39, 0.29) is 0 Å². The highest BCUT2D eigenvalue weighted by atomic mass is 16.5. The summed E-state index contributed by atoms with van der Waals surface area (Å²) in [5.41, 5.74) is 0.648. The summed E-state index contributed by atoms with van der Waals surface area (Å²) in [6.07, 6.45) is 5.46. The van der Waals surface area contributed by atoms with Gasteiger partial charge in [0.25, 0.3) is 0 Å². The highest BCUT2D eigenvalue weighted by Crippen LogP contribution is 2.51. The van der Waals surface area contributed by atoms with Crippen molar-refractivity contribution < 1.29 is 4.74 Å². The summed E-state index contributed by atoms with van der Waals surface area (Å²) in [5.74, 6) is 1.61. The first kappa shape index (κ1) is 11.4. The number of nitrogens with one attached hydrogen (secondary N) is 1. The van der Waals surface area contributed by atoms with Gasteiger partial charge >= 0.3 is 0 Å². The van der Waals surface area contributed by atoms with Crippen LogP contribution in [-0.2, 0) is 4.74 Å². The summed E-state index contributed by atoms with van der Waals surface area (Å²) in [5, 5.41) is 3.66. The molecule has 1 atom stereocenters. The van der Waals surface area contributed by atoms with E-state index in [1.165, 1.54) is 32.2 Å². The van der Waals surface area contributed by atoms with Gasteiger partial charge in [-0.1, -0.05) is 13.8 Å². The topological polar surface area (TPSA) is 21.3 Å². The third kappa shape index (κ3) is 2.94. The Bertz CT molecular complexity index is 193. The molecule has 1 saturated heterocycles. The van der Waals surface area contributed by atoms with Crippen LogP contribution in [-0.4, -0.2) is 26.3 Å². The largest absolute Gasteiger partial charge is 0.381 e. The van der Waals surface area contributed by atoms with Gasteiger partial charge in [-0.25, -0.2) is 0 Å². The van der Waals surface area contributed by atoms with E-state index < -0.39 is 0 Å². The molecule has 0 aromatic carbocycles. The van der Waals surface area contributed by atoms with Gasteiger partial charge in [-0.3, -0.25) is 0 Å². The Morgan fingerprint density at radius 1 is 1.40 bits per heavy atom. The Morgan fingerprint density at radius 2 is 2.20 bits per heavy atom. The molecule has 0 aromatic rings. The molecule has 15 heavy (non-hydrogen) atoms. The molecular weight excluding hydrogens is 186 g/mol. The maximum Gasteiger partial charge on any atom is 0.0506 e. The van der Waals surface area contributed by atoms with Crippen molar-refractivity contribution in [1.29, 1.82) is 0 Å². The fraction of sp³-hybridized carbons (Fsp3) is 1.00. The summed E-state index contributed by atoms with van der Waals surface area (Å²) >= 11 is 0. The summed E-state index contributed by atoms with van der Waals surface area (Å²) < 4.78 is 5.49. The van der Waals surface area contributed by atoms with Crippen LogP contribution in [0.2, 0.25) is 0 Å². The lowest BCUT2D eigenvalue weighted by molar-refractivity contribution is 0.0541. The quantitative estimate of drug-likeness (QED) is 0.754. The van der Waals surface area contributed by atoms with Gasteiger partial charge in [0.1, 0.15) is 0 Å². The average Bonchev–Trinajstić information content (AvgIpc) is 3.01. The van der Waals surface area contributed by atoms with Gasteiger partial charge in [-0.15, -0.1) is 0 Å². The van der Waals surface area contributed by atoms with E-state index in [9.17, 15) is 0 Å². The average molecular weight is 211 g/mol. The van der Waals surface area contributed by atoms with Crippen molar-refractivity contribution in [2.45, 2.75) is 39.5 Å². The summed E-state index contributed by atoms with van der Waals surface area (Å²) in [6.45, 7) is 9.06. The van der Waals surface area contributed by atoms with E-state index in [0.717, 1.165) is 31.6 Å². The summed E-state index contributed by atoms with van der Waals surface area (Å²) in [4.78, 5) is 0. The SMILES string of the molecule is CC(C)C1(CNCC2CCCOC2)CC1. The lowest BCUT2D eigenvalue weighted by atomic mass is 9.92. The van der Waals surface area contributed by atoms with E-state index in [1.54, 1.807) is 0 Å². The maximum absolute atomic E-state index is 5.49. The smallest absolute Gasteiger partial charge is 0.0506 e. The normalized spacial score (nSPS) is 29.4. The predicted octanol–water partition coefficient (Wildman–Crippen LogP) is 2.44. The molecule has 1 N–H and O–H groups in total. The lowest BCUT2D eigenvalue weighted by Gasteiger charge is -2.25. The van der Waals surface area contributed by atoms with Crippen LogP contribution < -0.4 is 5.32 Å². The molecule has 1 heterocycles. The highest BCUT2D eigenvalue weighted by molar-refractivity contribution is 4.97. The maximum atomic E-state index is 5.49. The Morgan fingerprint density at radius 3 is 2.73 bits per heavy atom. The van der Waals surface area contributed by atoms with Crippen LogP contribution in [0.5, 0.6) is 0 Å². The molecule has 1 aliphatic carbocycles. The molecule has 2 heteroatoms. The Labute approximate surface area is 93.8 Å². The first-order chi connectivity index (χ1) is 7.23. The third-order valence-corrected chi connectivity index (χ3v) is 4.28. The van der Waals surface area contributed by atoms with E-state index in [0.29, 0.717) is 5.41 Å². The van der Waals surface area contributed by atoms with Crippen molar-refractivity contribution in [3.8, 4) is 0 Å². The van der Waals surface area contributed by atoms with Gasteiger partial charge in [-0.05, 0) is 42.9 Å². The molecule has 0 bridgehead atoms. The fourth-order valence-corrected chi connectivity index (χ4v) is 2.61. The molecule has 2 rings (SSSR count). The third-order valence-electron chi connectivity index (χ3n) is 4.28. The van der Waals surface area contributed by atoms with Gasteiger partial charge in [0.15, 0.2) is 0 Å². The van der Waals surface area contributed by atoms with Gasteiger partial charge < -0.3 is 10.1 Å². The number of ether oxygens (including phenoxy) is 1. The summed E-state index contributed by atoms with van der Waals surface area (Å²) in [6, 6.07) is 0. The van der Waals surface area contributed by atoms with E-state index in [2.05, 4.69) is 19.2 Å². The van der Waals surface area contributed by atoms with Crippen LogP contribution in [0, 0.1) is 17.3 Å². The molecule has 2 aliphatic rings. The standard InChI is InChI=1S/C13H25NO/c1-11(2)13(5-6-13)10-14-8-12-4-3-7-15-9-12/h11-12,14H,3-10H2,1-2H3. The lowest BCUT2D eigenvalue weighted by Crippen LogP contribution is -2.34. The van der Waals surface area contributed by atoms with Crippen molar-refractivity contribution in [2.24, 2.45) is 17.3 Å². The second-order valence-electron chi connectivity index (χ2n) is 5.73. The minimum absolute atomic E-state index is 0.648. The fourth-order valence-electron chi connectivity index (χ4n) is 2.61. The minimum atomic E-state index is 0.648. The second kappa shape index (κ2) is 4.84. The molecule has 1 aliphatic heterocycles. The van der Waals surface area contributed by atoms with Crippen LogP contribution in [0.3, 0.4) is 0 Å². The Hall–Kier alpha value is -0.0800. The van der Waals surface area contributed by atoms with Crippen molar-refractivity contribution in [3.63, 3.8) is 0 Å². The number of hydrogen-bond donors (Lipinski definition) is 1. The molecular formula is C13H25NO. The molecule has 0 spiro atoms. The zero-order valence-electron chi connectivity index (χ0n) is 10.2. The molecule has 0 aromatic heterocycles. The zero-order valence-corrected chi connectivity index (χ0v) is 10.2. The van der Waals surface area contributed by atoms with Crippen LogP contribution in [0.15, 0.2) is 0 Å². The molecule has 0 radical (unpaired) electrons. The first-order valence-electron chi connectivity index (χ1n) is 6.51. The van der Waals surface area contributed by atoms with Crippen molar-refractivity contribution in [2.75, 3.05) is 26.3 Å². The molecule has 88 valence electrons. The van der Waals surface area contributed by atoms with Crippen molar-refractivity contribution >= 4 is 0 Å². The van der Waals surface area contributed by atoms with Gasteiger partial charge in [0.05, 0.1) is 6.61 Å². The van der Waals surface area contributed by atoms with Gasteiger partial charge in [0, 0.05) is 19.7 Å². The second-order valence-corrected chi connectivity index (χ2v) is 5.73. The summed E-state index contributed by atoms with van der Waals surface area (Å²) in [7, 11) is 0. The number of rotatable bonds is 5. The van der Waals surface area contributed by atoms with Crippen LogP contribution in [0.1, 0.15) is 39.5 Å². The number of hydrogen-bond acceptors (Lipinski definition) is 2. The Balaban J connectivity index is 1.62. The molecule has 1 saturated carbocycles. The Kier molecular flexibility index (Phi) is 3.68. The molecule has 2 fully saturated rings. The predicted molar refractivity (Wildman–Crippen MR) is 62.9 cm³/mol. The van der Waals surface area contributed by atoms with E-state index in [1.807, 2.05) is 0 Å². The molecule has 0 amide bonds. The van der Waals surface area contributed by atoms with Gasteiger partial charge in [0.2, 0.25) is 0 Å². The van der Waals surface area contributed by atoms with Crippen LogP contribution >= 0.6 is 0 Å².